The number of aryl methyl sites for hydroxylation is 1. The Balaban J connectivity index is 1.56. The second kappa shape index (κ2) is 7.88. The lowest BCUT2D eigenvalue weighted by molar-refractivity contribution is -0.116. The van der Waals surface area contributed by atoms with Crippen molar-refractivity contribution in [3.05, 3.63) is 63.9 Å². The van der Waals surface area contributed by atoms with Crippen molar-refractivity contribution in [1.29, 1.82) is 0 Å². The molecule has 0 unspecified atom stereocenters. The lowest BCUT2D eigenvalue weighted by atomic mass is 10.2. The van der Waals surface area contributed by atoms with Gasteiger partial charge in [0.25, 0.3) is 0 Å². The number of nitrogens with one attached hydrogen (secondary N) is 1. The van der Waals surface area contributed by atoms with Crippen LogP contribution in [-0.4, -0.2) is 25.5 Å². The molecule has 0 aliphatic rings. The molecule has 0 aliphatic heterocycles. The average molecular weight is 396 g/mol. The SMILES string of the molecule is Cc1c(Cl)cnn1CCC(=O)Nc1cnn(Cc2ccc(F)cc2Cl)c1. The molecule has 0 atom stereocenters. The lowest BCUT2D eigenvalue weighted by Crippen LogP contribution is -2.15. The molecule has 3 rings (SSSR count). The van der Waals surface area contributed by atoms with Crippen LogP contribution in [0.15, 0.2) is 36.8 Å². The summed E-state index contributed by atoms with van der Waals surface area (Å²) in [7, 11) is 0. The van der Waals surface area contributed by atoms with Gasteiger partial charge in [-0.1, -0.05) is 29.3 Å². The molecule has 9 heteroatoms. The van der Waals surface area contributed by atoms with E-state index in [2.05, 4.69) is 15.5 Å². The number of carbonyl (C=O) groups is 1. The largest absolute Gasteiger partial charge is 0.323 e. The molecule has 0 saturated carbocycles. The fraction of sp³-hybridized carbons (Fsp3) is 0.235. The second-order valence-corrected chi connectivity index (χ2v) is 6.58. The van der Waals surface area contributed by atoms with E-state index >= 15 is 0 Å². The van der Waals surface area contributed by atoms with E-state index in [1.165, 1.54) is 12.1 Å². The maximum atomic E-state index is 13.1. The Hall–Kier alpha value is -2.38. The van der Waals surface area contributed by atoms with E-state index in [0.29, 0.717) is 28.8 Å². The fourth-order valence-corrected chi connectivity index (χ4v) is 2.79. The lowest BCUT2D eigenvalue weighted by Gasteiger charge is -2.06. The normalized spacial score (nSPS) is 10.9. The minimum absolute atomic E-state index is 0.157. The summed E-state index contributed by atoms with van der Waals surface area (Å²) in [6, 6.07) is 4.21. The van der Waals surface area contributed by atoms with Crippen LogP contribution >= 0.6 is 23.2 Å². The minimum atomic E-state index is -0.388. The monoisotopic (exact) mass is 395 g/mol. The third kappa shape index (κ3) is 4.42. The van der Waals surface area contributed by atoms with Crippen LogP contribution in [0, 0.1) is 12.7 Å². The second-order valence-electron chi connectivity index (χ2n) is 5.76. The number of anilines is 1. The average Bonchev–Trinajstić information content (AvgIpc) is 3.16. The number of rotatable bonds is 6. The van der Waals surface area contributed by atoms with Gasteiger partial charge in [-0.2, -0.15) is 10.2 Å². The van der Waals surface area contributed by atoms with E-state index in [1.54, 1.807) is 34.0 Å². The van der Waals surface area contributed by atoms with Gasteiger partial charge >= 0.3 is 0 Å². The zero-order valence-corrected chi connectivity index (χ0v) is 15.4. The van der Waals surface area contributed by atoms with E-state index < -0.39 is 0 Å². The highest BCUT2D eigenvalue weighted by Gasteiger charge is 2.09. The zero-order chi connectivity index (χ0) is 18.7. The van der Waals surface area contributed by atoms with Crippen LogP contribution < -0.4 is 5.32 Å². The van der Waals surface area contributed by atoms with E-state index in [0.717, 1.165) is 11.3 Å². The summed E-state index contributed by atoms with van der Waals surface area (Å²) in [4.78, 5) is 12.1. The van der Waals surface area contributed by atoms with Crippen molar-refractivity contribution in [3.8, 4) is 0 Å². The van der Waals surface area contributed by atoms with Gasteiger partial charge < -0.3 is 5.32 Å². The molecule has 0 aliphatic carbocycles. The van der Waals surface area contributed by atoms with Gasteiger partial charge in [-0.3, -0.25) is 14.2 Å². The van der Waals surface area contributed by atoms with Crippen LogP contribution in [0.5, 0.6) is 0 Å². The smallest absolute Gasteiger partial charge is 0.226 e. The summed E-state index contributed by atoms with van der Waals surface area (Å²) in [5, 5.41) is 12.0. The maximum Gasteiger partial charge on any atom is 0.226 e. The topological polar surface area (TPSA) is 64.7 Å². The summed E-state index contributed by atoms with van der Waals surface area (Å²) < 4.78 is 16.4. The van der Waals surface area contributed by atoms with Gasteiger partial charge in [-0.15, -0.1) is 0 Å². The molecule has 2 aromatic heterocycles. The van der Waals surface area contributed by atoms with Crippen LogP contribution in [0.4, 0.5) is 10.1 Å². The summed E-state index contributed by atoms with van der Waals surface area (Å²) in [6.45, 7) is 2.65. The number of nitrogens with zero attached hydrogens (tertiary/aromatic N) is 4. The molecule has 2 heterocycles. The van der Waals surface area contributed by atoms with Gasteiger partial charge in [-0.25, -0.2) is 4.39 Å². The molecule has 1 N–H and O–H groups in total. The molecule has 136 valence electrons. The zero-order valence-electron chi connectivity index (χ0n) is 13.9. The van der Waals surface area contributed by atoms with Crippen molar-refractivity contribution >= 4 is 34.8 Å². The number of aromatic nitrogens is 4. The predicted molar refractivity (Wildman–Crippen MR) is 98.0 cm³/mol. The highest BCUT2D eigenvalue weighted by molar-refractivity contribution is 6.31. The van der Waals surface area contributed by atoms with Crippen LogP contribution in [0.3, 0.4) is 0 Å². The Bertz CT molecular complexity index is 937. The Morgan fingerprint density at radius 1 is 1.23 bits per heavy atom. The van der Waals surface area contributed by atoms with Crippen LogP contribution in [0.1, 0.15) is 17.7 Å². The van der Waals surface area contributed by atoms with Crippen LogP contribution in [0.2, 0.25) is 10.0 Å². The summed E-state index contributed by atoms with van der Waals surface area (Å²) in [5.41, 5.74) is 2.13. The Kier molecular flexibility index (Phi) is 5.58. The van der Waals surface area contributed by atoms with E-state index in [4.69, 9.17) is 23.2 Å². The molecule has 0 saturated heterocycles. The molecule has 0 bridgehead atoms. The van der Waals surface area contributed by atoms with E-state index in [9.17, 15) is 9.18 Å². The van der Waals surface area contributed by atoms with E-state index in [1.807, 2.05) is 6.92 Å². The first-order chi connectivity index (χ1) is 12.4. The molecule has 1 aromatic carbocycles. The molecule has 3 aromatic rings. The van der Waals surface area contributed by atoms with Gasteiger partial charge in [0.15, 0.2) is 0 Å². The highest BCUT2D eigenvalue weighted by Crippen LogP contribution is 2.19. The molecule has 6 nitrogen and oxygen atoms in total. The number of benzene rings is 1. The summed E-state index contributed by atoms with van der Waals surface area (Å²) in [5.74, 6) is -0.545. The number of hydrogen-bond acceptors (Lipinski definition) is 3. The first-order valence-electron chi connectivity index (χ1n) is 7.86. The Morgan fingerprint density at radius 2 is 2.04 bits per heavy atom. The standard InChI is InChI=1S/C17H16Cl2FN5O/c1-11-16(19)8-22-25(11)5-4-17(26)23-14-7-21-24(10-14)9-12-2-3-13(20)6-15(12)18/h2-3,6-8,10H,4-5,9H2,1H3,(H,23,26). The van der Waals surface area contributed by atoms with Crippen molar-refractivity contribution in [3.63, 3.8) is 0 Å². The van der Waals surface area contributed by atoms with Crippen molar-refractivity contribution in [2.24, 2.45) is 0 Å². The number of carbonyl (C=O) groups excluding carboxylic acids is 1. The number of amides is 1. The molecular weight excluding hydrogens is 380 g/mol. The molecule has 0 fully saturated rings. The molecule has 1 amide bonds. The number of hydrogen-bond donors (Lipinski definition) is 1. The third-order valence-corrected chi connectivity index (χ3v) is 4.58. The van der Waals surface area contributed by atoms with Crippen molar-refractivity contribution in [2.75, 3.05) is 5.32 Å². The Labute approximate surface area is 159 Å². The van der Waals surface area contributed by atoms with Crippen molar-refractivity contribution < 1.29 is 9.18 Å². The first-order valence-corrected chi connectivity index (χ1v) is 8.62. The van der Waals surface area contributed by atoms with Crippen LogP contribution in [0.25, 0.3) is 0 Å². The number of halogens is 3. The Morgan fingerprint density at radius 3 is 2.73 bits per heavy atom. The predicted octanol–water partition coefficient (Wildman–Crippen LogP) is 3.91. The van der Waals surface area contributed by atoms with E-state index in [-0.39, 0.29) is 18.1 Å². The fourth-order valence-electron chi connectivity index (χ4n) is 2.42. The maximum absolute atomic E-state index is 13.1. The quantitative estimate of drug-likeness (QED) is 0.687. The van der Waals surface area contributed by atoms with Crippen molar-refractivity contribution in [1.82, 2.24) is 19.6 Å². The molecular formula is C17H16Cl2FN5O. The summed E-state index contributed by atoms with van der Waals surface area (Å²) >= 11 is 12.0. The minimum Gasteiger partial charge on any atom is -0.323 e. The van der Waals surface area contributed by atoms with Gasteiger partial charge in [0.1, 0.15) is 5.82 Å². The first kappa shape index (κ1) is 18.4. The van der Waals surface area contributed by atoms with Crippen molar-refractivity contribution in [2.45, 2.75) is 26.4 Å². The summed E-state index contributed by atoms with van der Waals surface area (Å²) in [6.07, 6.45) is 5.05. The molecule has 0 spiro atoms. The van der Waals surface area contributed by atoms with Gasteiger partial charge in [0, 0.05) is 17.6 Å². The third-order valence-electron chi connectivity index (χ3n) is 3.86. The van der Waals surface area contributed by atoms with Gasteiger partial charge in [0.05, 0.1) is 41.9 Å². The van der Waals surface area contributed by atoms with Gasteiger partial charge in [0.2, 0.25) is 5.91 Å². The molecule has 0 radical (unpaired) electrons. The van der Waals surface area contributed by atoms with Gasteiger partial charge in [-0.05, 0) is 24.6 Å². The highest BCUT2D eigenvalue weighted by atomic mass is 35.5. The van der Waals surface area contributed by atoms with Crippen LogP contribution in [-0.2, 0) is 17.9 Å². The molecule has 26 heavy (non-hydrogen) atoms.